The molecule has 18 heavy (non-hydrogen) atoms. The highest BCUT2D eigenvalue weighted by atomic mass is 32.1. The SMILES string of the molecule is Cc1cccnc1COc1cccc(C(N)=S)c1. The fourth-order valence-electron chi connectivity index (χ4n) is 1.56. The van der Waals surface area contributed by atoms with Crippen LogP contribution in [0.5, 0.6) is 5.75 Å². The van der Waals surface area contributed by atoms with Gasteiger partial charge >= 0.3 is 0 Å². The number of nitrogens with two attached hydrogens (primary N) is 1. The molecular weight excluding hydrogens is 244 g/mol. The summed E-state index contributed by atoms with van der Waals surface area (Å²) >= 11 is 4.93. The van der Waals surface area contributed by atoms with Gasteiger partial charge in [-0.25, -0.2) is 0 Å². The highest BCUT2D eigenvalue weighted by Crippen LogP contribution is 2.15. The second kappa shape index (κ2) is 5.60. The minimum Gasteiger partial charge on any atom is -0.487 e. The zero-order valence-electron chi connectivity index (χ0n) is 10.1. The first kappa shape index (κ1) is 12.5. The van der Waals surface area contributed by atoms with Crippen LogP contribution < -0.4 is 10.5 Å². The fourth-order valence-corrected chi connectivity index (χ4v) is 1.69. The van der Waals surface area contributed by atoms with Crippen LogP contribution in [-0.4, -0.2) is 9.97 Å². The third-order valence-corrected chi connectivity index (χ3v) is 2.85. The van der Waals surface area contributed by atoms with Crippen molar-refractivity contribution in [2.45, 2.75) is 13.5 Å². The molecule has 0 radical (unpaired) electrons. The summed E-state index contributed by atoms with van der Waals surface area (Å²) in [7, 11) is 0. The topological polar surface area (TPSA) is 48.1 Å². The monoisotopic (exact) mass is 258 g/mol. The van der Waals surface area contributed by atoms with Gasteiger partial charge in [-0.3, -0.25) is 4.98 Å². The van der Waals surface area contributed by atoms with Crippen molar-refractivity contribution in [3.05, 3.63) is 59.4 Å². The number of hydrogen-bond acceptors (Lipinski definition) is 3. The van der Waals surface area contributed by atoms with Gasteiger partial charge < -0.3 is 10.5 Å². The Morgan fingerprint density at radius 2 is 2.17 bits per heavy atom. The van der Waals surface area contributed by atoms with E-state index in [9.17, 15) is 0 Å². The van der Waals surface area contributed by atoms with Crippen LogP contribution in [0.2, 0.25) is 0 Å². The summed E-state index contributed by atoms with van der Waals surface area (Å²) in [5.41, 5.74) is 8.43. The lowest BCUT2D eigenvalue weighted by atomic mass is 10.2. The van der Waals surface area contributed by atoms with Gasteiger partial charge in [-0.1, -0.05) is 30.4 Å². The number of benzene rings is 1. The van der Waals surface area contributed by atoms with E-state index in [0.29, 0.717) is 11.6 Å². The Morgan fingerprint density at radius 3 is 2.89 bits per heavy atom. The Balaban J connectivity index is 2.09. The second-order valence-electron chi connectivity index (χ2n) is 3.95. The maximum atomic E-state index is 5.69. The van der Waals surface area contributed by atoms with E-state index in [1.165, 1.54) is 0 Å². The van der Waals surface area contributed by atoms with Crippen molar-refractivity contribution in [2.24, 2.45) is 5.73 Å². The molecule has 0 fully saturated rings. The van der Waals surface area contributed by atoms with Crippen LogP contribution in [-0.2, 0) is 6.61 Å². The smallest absolute Gasteiger partial charge is 0.130 e. The van der Waals surface area contributed by atoms with Crippen molar-refractivity contribution in [3.63, 3.8) is 0 Å². The van der Waals surface area contributed by atoms with Crippen LogP contribution in [0, 0.1) is 6.92 Å². The van der Waals surface area contributed by atoms with E-state index in [-0.39, 0.29) is 0 Å². The van der Waals surface area contributed by atoms with Gasteiger partial charge in [0.1, 0.15) is 17.3 Å². The normalized spacial score (nSPS) is 10.1. The Morgan fingerprint density at radius 1 is 1.33 bits per heavy atom. The van der Waals surface area contributed by atoms with Crippen LogP contribution in [0.1, 0.15) is 16.8 Å². The van der Waals surface area contributed by atoms with Gasteiger partial charge in [0.25, 0.3) is 0 Å². The average molecular weight is 258 g/mol. The van der Waals surface area contributed by atoms with Crippen molar-refractivity contribution < 1.29 is 4.74 Å². The van der Waals surface area contributed by atoms with Crippen molar-refractivity contribution in [3.8, 4) is 5.75 Å². The molecule has 0 unspecified atom stereocenters. The van der Waals surface area contributed by atoms with Crippen LogP contribution >= 0.6 is 12.2 Å². The van der Waals surface area contributed by atoms with Crippen LogP contribution in [0.3, 0.4) is 0 Å². The maximum Gasteiger partial charge on any atom is 0.130 e. The molecule has 4 heteroatoms. The Hall–Kier alpha value is -1.94. The van der Waals surface area contributed by atoms with Gasteiger partial charge in [0.05, 0.1) is 5.69 Å². The lowest BCUT2D eigenvalue weighted by molar-refractivity contribution is 0.300. The van der Waals surface area contributed by atoms with Gasteiger partial charge in [-0.15, -0.1) is 0 Å². The molecule has 1 aromatic heterocycles. The molecule has 0 aliphatic rings. The van der Waals surface area contributed by atoms with Gasteiger partial charge in [0.2, 0.25) is 0 Å². The minimum absolute atomic E-state index is 0.370. The number of nitrogens with zero attached hydrogens (tertiary/aromatic N) is 1. The Kier molecular flexibility index (Phi) is 3.89. The number of pyridine rings is 1. The van der Waals surface area contributed by atoms with Crippen LogP contribution in [0.15, 0.2) is 42.6 Å². The fraction of sp³-hybridized carbons (Fsp3) is 0.143. The lowest BCUT2D eigenvalue weighted by Crippen LogP contribution is -2.09. The predicted molar refractivity (Wildman–Crippen MR) is 75.6 cm³/mol. The highest BCUT2D eigenvalue weighted by molar-refractivity contribution is 7.80. The third kappa shape index (κ3) is 3.05. The van der Waals surface area contributed by atoms with E-state index in [1.807, 2.05) is 43.3 Å². The molecule has 0 aliphatic carbocycles. The van der Waals surface area contributed by atoms with Gasteiger partial charge in [0.15, 0.2) is 0 Å². The molecule has 1 aromatic carbocycles. The molecule has 0 saturated carbocycles. The number of ether oxygens (including phenoxy) is 1. The summed E-state index contributed by atoms with van der Waals surface area (Å²) in [5, 5.41) is 0. The molecule has 0 saturated heterocycles. The van der Waals surface area contributed by atoms with Crippen molar-refractivity contribution in [2.75, 3.05) is 0 Å². The van der Waals surface area contributed by atoms with E-state index in [1.54, 1.807) is 6.20 Å². The maximum absolute atomic E-state index is 5.69. The van der Waals surface area contributed by atoms with E-state index in [0.717, 1.165) is 22.6 Å². The van der Waals surface area contributed by atoms with Gasteiger partial charge in [0, 0.05) is 11.8 Å². The van der Waals surface area contributed by atoms with E-state index in [2.05, 4.69) is 4.98 Å². The molecule has 92 valence electrons. The number of thiocarbonyl (C=S) groups is 1. The molecular formula is C14H14N2OS. The van der Waals surface area contributed by atoms with Crippen LogP contribution in [0.25, 0.3) is 0 Å². The molecule has 1 heterocycles. The summed E-state index contributed by atoms with van der Waals surface area (Å²) in [4.78, 5) is 4.65. The van der Waals surface area contributed by atoms with Crippen LogP contribution in [0.4, 0.5) is 0 Å². The standard InChI is InChI=1S/C14H14N2OS/c1-10-4-3-7-16-13(10)9-17-12-6-2-5-11(8-12)14(15)18/h2-8H,9H2,1H3,(H2,15,18). The average Bonchev–Trinajstić information content (AvgIpc) is 2.38. The number of aromatic nitrogens is 1. The largest absolute Gasteiger partial charge is 0.487 e. The first-order valence-corrected chi connectivity index (χ1v) is 6.01. The first-order chi connectivity index (χ1) is 8.66. The quantitative estimate of drug-likeness (QED) is 0.856. The number of rotatable bonds is 4. The minimum atomic E-state index is 0.370. The molecule has 0 atom stereocenters. The van der Waals surface area contributed by atoms with Crippen molar-refractivity contribution in [1.29, 1.82) is 0 Å². The summed E-state index contributed by atoms with van der Waals surface area (Å²) in [5.74, 6) is 0.741. The number of hydrogen-bond donors (Lipinski definition) is 1. The van der Waals surface area contributed by atoms with Crippen molar-refractivity contribution in [1.82, 2.24) is 4.98 Å². The van der Waals surface area contributed by atoms with E-state index < -0.39 is 0 Å². The summed E-state index contributed by atoms with van der Waals surface area (Å²) in [6.45, 7) is 2.45. The second-order valence-corrected chi connectivity index (χ2v) is 4.39. The summed E-state index contributed by atoms with van der Waals surface area (Å²) in [6.07, 6.45) is 1.76. The molecule has 0 amide bonds. The Bertz CT molecular complexity index is 569. The zero-order chi connectivity index (χ0) is 13.0. The van der Waals surface area contributed by atoms with Crippen molar-refractivity contribution >= 4 is 17.2 Å². The third-order valence-electron chi connectivity index (χ3n) is 2.61. The number of aryl methyl sites for hydroxylation is 1. The molecule has 2 rings (SSSR count). The van der Waals surface area contributed by atoms with Gasteiger partial charge in [-0.2, -0.15) is 0 Å². The molecule has 2 aromatic rings. The van der Waals surface area contributed by atoms with E-state index in [4.69, 9.17) is 22.7 Å². The first-order valence-electron chi connectivity index (χ1n) is 5.60. The zero-order valence-corrected chi connectivity index (χ0v) is 10.9. The molecule has 0 aliphatic heterocycles. The Labute approximate surface area is 112 Å². The lowest BCUT2D eigenvalue weighted by Gasteiger charge is -2.08. The predicted octanol–water partition coefficient (Wildman–Crippen LogP) is 2.60. The molecule has 3 nitrogen and oxygen atoms in total. The summed E-state index contributed by atoms with van der Waals surface area (Å²) in [6, 6.07) is 11.4. The molecule has 0 bridgehead atoms. The molecule has 0 spiro atoms. The molecule has 2 N–H and O–H groups in total. The van der Waals surface area contributed by atoms with Gasteiger partial charge in [-0.05, 0) is 30.7 Å². The summed E-state index contributed by atoms with van der Waals surface area (Å²) < 4.78 is 5.69. The van der Waals surface area contributed by atoms with E-state index >= 15 is 0 Å². The highest BCUT2D eigenvalue weighted by Gasteiger charge is 2.02.